The van der Waals surface area contributed by atoms with E-state index < -0.39 is 6.10 Å². The molecule has 1 aromatic carbocycles. The number of halogens is 1. The van der Waals surface area contributed by atoms with Crippen LogP contribution in [0.25, 0.3) is 0 Å². The number of aryl methyl sites for hydroxylation is 2. The number of ether oxygens (including phenoxy) is 2. The van der Waals surface area contributed by atoms with Crippen LogP contribution in [0.15, 0.2) is 29.4 Å². The standard InChI is InChI=1S/C18H21ClN4O3/c1-3-4-9-23-17(19)13(12(2)22-23)10-20-21-18(24)16-11-25-14-7-5-6-8-15(14)26-16/h5-8,10,16H,3-4,9,11H2,1-2H3,(H,21,24)/b20-10-/t16-/m1/s1. The molecule has 1 aliphatic rings. The average Bonchev–Trinajstić information content (AvgIpc) is 2.93. The number of nitrogens with one attached hydrogen (secondary N) is 1. The van der Waals surface area contributed by atoms with E-state index in [0.717, 1.165) is 25.1 Å². The maximum Gasteiger partial charge on any atom is 0.284 e. The molecule has 3 rings (SSSR count). The van der Waals surface area contributed by atoms with Gasteiger partial charge in [0.05, 0.1) is 17.5 Å². The molecule has 0 unspecified atom stereocenters. The predicted molar refractivity (Wildman–Crippen MR) is 99.0 cm³/mol. The number of benzene rings is 1. The lowest BCUT2D eigenvalue weighted by Gasteiger charge is -2.24. The van der Waals surface area contributed by atoms with Crippen molar-refractivity contribution >= 4 is 23.7 Å². The minimum atomic E-state index is -0.758. The largest absolute Gasteiger partial charge is 0.485 e. The molecule has 0 bridgehead atoms. The van der Waals surface area contributed by atoms with E-state index in [2.05, 4.69) is 22.5 Å². The number of unbranched alkanes of at least 4 members (excludes halogenated alkanes) is 1. The Balaban J connectivity index is 1.61. The van der Waals surface area contributed by atoms with Crippen molar-refractivity contribution in [3.8, 4) is 11.5 Å². The van der Waals surface area contributed by atoms with Gasteiger partial charge in [-0.2, -0.15) is 10.2 Å². The molecular weight excluding hydrogens is 356 g/mol. The molecule has 1 atom stereocenters. The summed E-state index contributed by atoms with van der Waals surface area (Å²) in [6.07, 6.45) is 2.80. The second-order valence-corrected chi connectivity index (χ2v) is 6.32. The van der Waals surface area contributed by atoms with Gasteiger partial charge < -0.3 is 9.47 Å². The third kappa shape index (κ3) is 3.99. The third-order valence-electron chi connectivity index (χ3n) is 4.00. The zero-order valence-electron chi connectivity index (χ0n) is 14.7. The number of rotatable bonds is 6. The minimum Gasteiger partial charge on any atom is -0.485 e. The summed E-state index contributed by atoms with van der Waals surface area (Å²) in [5.74, 6) is 0.781. The summed E-state index contributed by atoms with van der Waals surface area (Å²) in [6.45, 7) is 4.85. The van der Waals surface area contributed by atoms with Crippen molar-refractivity contribution in [1.82, 2.24) is 15.2 Å². The quantitative estimate of drug-likeness (QED) is 0.621. The van der Waals surface area contributed by atoms with Crippen LogP contribution in [0.5, 0.6) is 11.5 Å². The van der Waals surface area contributed by atoms with E-state index in [9.17, 15) is 4.79 Å². The molecule has 7 nitrogen and oxygen atoms in total. The molecule has 138 valence electrons. The highest BCUT2D eigenvalue weighted by molar-refractivity contribution is 6.32. The fourth-order valence-corrected chi connectivity index (χ4v) is 2.86. The summed E-state index contributed by atoms with van der Waals surface area (Å²) in [7, 11) is 0. The number of carbonyl (C=O) groups is 1. The Hall–Kier alpha value is -2.54. The van der Waals surface area contributed by atoms with Crippen LogP contribution in [-0.2, 0) is 11.3 Å². The summed E-state index contributed by atoms with van der Waals surface area (Å²) in [4.78, 5) is 12.2. The molecule has 0 radical (unpaired) electrons. The fraction of sp³-hybridized carbons (Fsp3) is 0.389. The Labute approximate surface area is 156 Å². The van der Waals surface area contributed by atoms with Crippen LogP contribution in [-0.4, -0.2) is 34.6 Å². The van der Waals surface area contributed by atoms with E-state index in [0.29, 0.717) is 22.2 Å². The van der Waals surface area contributed by atoms with Crippen LogP contribution < -0.4 is 14.9 Å². The number of carbonyl (C=O) groups excluding carboxylic acids is 1. The number of amides is 1. The summed E-state index contributed by atoms with van der Waals surface area (Å²) < 4.78 is 12.9. The Morgan fingerprint density at radius 3 is 3.00 bits per heavy atom. The second kappa shape index (κ2) is 8.23. The highest BCUT2D eigenvalue weighted by Crippen LogP contribution is 2.30. The van der Waals surface area contributed by atoms with Gasteiger partial charge in [-0.05, 0) is 25.5 Å². The molecule has 2 aromatic rings. The Morgan fingerprint density at radius 2 is 2.23 bits per heavy atom. The number of hydrazone groups is 1. The molecule has 1 aromatic heterocycles. The fourth-order valence-electron chi connectivity index (χ4n) is 2.55. The monoisotopic (exact) mass is 376 g/mol. The van der Waals surface area contributed by atoms with Crippen LogP contribution >= 0.6 is 11.6 Å². The molecule has 1 amide bonds. The zero-order valence-corrected chi connectivity index (χ0v) is 15.5. The first-order valence-electron chi connectivity index (χ1n) is 8.54. The van der Waals surface area contributed by atoms with Crippen molar-refractivity contribution < 1.29 is 14.3 Å². The van der Waals surface area contributed by atoms with Crippen molar-refractivity contribution in [2.75, 3.05) is 6.61 Å². The Morgan fingerprint density at radius 1 is 1.46 bits per heavy atom. The lowest BCUT2D eigenvalue weighted by Crippen LogP contribution is -2.42. The normalized spacial score (nSPS) is 16.0. The first-order chi connectivity index (χ1) is 12.6. The lowest BCUT2D eigenvalue weighted by atomic mass is 10.2. The van der Waals surface area contributed by atoms with Gasteiger partial charge in [0.2, 0.25) is 6.10 Å². The lowest BCUT2D eigenvalue weighted by molar-refractivity contribution is -0.130. The third-order valence-corrected chi connectivity index (χ3v) is 4.40. The number of hydrogen-bond acceptors (Lipinski definition) is 5. The van der Waals surface area contributed by atoms with Crippen LogP contribution in [0, 0.1) is 6.92 Å². The zero-order chi connectivity index (χ0) is 18.5. The molecule has 2 heterocycles. The Bertz CT molecular complexity index is 819. The van der Waals surface area contributed by atoms with E-state index in [1.165, 1.54) is 6.21 Å². The number of fused-ring (bicyclic) bond motifs is 1. The van der Waals surface area contributed by atoms with Crippen molar-refractivity contribution in [1.29, 1.82) is 0 Å². The van der Waals surface area contributed by atoms with Gasteiger partial charge in [0.1, 0.15) is 11.8 Å². The molecule has 0 saturated heterocycles. The van der Waals surface area contributed by atoms with Crippen LogP contribution in [0.2, 0.25) is 5.15 Å². The maximum absolute atomic E-state index is 12.2. The molecule has 26 heavy (non-hydrogen) atoms. The molecule has 1 N–H and O–H groups in total. The van der Waals surface area contributed by atoms with E-state index in [4.69, 9.17) is 21.1 Å². The molecule has 0 spiro atoms. The predicted octanol–water partition coefficient (Wildman–Crippen LogP) is 2.94. The van der Waals surface area contributed by atoms with Crippen molar-refractivity contribution in [3.05, 3.63) is 40.7 Å². The van der Waals surface area contributed by atoms with E-state index in [-0.39, 0.29) is 12.5 Å². The van der Waals surface area contributed by atoms with Gasteiger partial charge in [0, 0.05) is 6.54 Å². The molecule has 1 aliphatic heterocycles. The van der Waals surface area contributed by atoms with Crippen molar-refractivity contribution in [2.24, 2.45) is 5.10 Å². The molecular formula is C18H21ClN4O3. The van der Waals surface area contributed by atoms with E-state index >= 15 is 0 Å². The van der Waals surface area contributed by atoms with Gasteiger partial charge in [-0.3, -0.25) is 9.48 Å². The van der Waals surface area contributed by atoms with Crippen molar-refractivity contribution in [2.45, 2.75) is 39.3 Å². The molecule has 0 aliphatic carbocycles. The van der Waals surface area contributed by atoms with Gasteiger partial charge in [0.15, 0.2) is 11.5 Å². The number of aromatic nitrogens is 2. The topological polar surface area (TPSA) is 77.7 Å². The number of para-hydroxylation sites is 2. The number of nitrogens with zero attached hydrogens (tertiary/aromatic N) is 3. The van der Waals surface area contributed by atoms with Crippen molar-refractivity contribution in [3.63, 3.8) is 0 Å². The molecule has 0 saturated carbocycles. The summed E-state index contributed by atoms with van der Waals surface area (Å²) in [6, 6.07) is 7.22. The number of hydrogen-bond donors (Lipinski definition) is 1. The van der Waals surface area contributed by atoms with Gasteiger partial charge in [0.25, 0.3) is 5.91 Å². The second-order valence-electron chi connectivity index (χ2n) is 5.97. The van der Waals surface area contributed by atoms with Gasteiger partial charge in [-0.25, -0.2) is 5.43 Å². The van der Waals surface area contributed by atoms with Gasteiger partial charge in [-0.15, -0.1) is 0 Å². The SMILES string of the molecule is CCCCn1nc(C)c(/C=N\NC(=O)[C@H]2COc3ccccc3O2)c1Cl. The summed E-state index contributed by atoms with van der Waals surface area (Å²) in [5, 5.41) is 8.90. The first kappa shape index (κ1) is 18.3. The van der Waals surface area contributed by atoms with Crippen LogP contribution in [0.4, 0.5) is 0 Å². The van der Waals surface area contributed by atoms with Crippen LogP contribution in [0.3, 0.4) is 0 Å². The highest BCUT2D eigenvalue weighted by Gasteiger charge is 2.27. The minimum absolute atomic E-state index is 0.132. The van der Waals surface area contributed by atoms with Gasteiger partial charge in [-0.1, -0.05) is 37.1 Å². The summed E-state index contributed by atoms with van der Waals surface area (Å²) in [5.41, 5.74) is 3.92. The maximum atomic E-state index is 12.2. The molecule has 8 heteroatoms. The molecule has 0 fully saturated rings. The first-order valence-corrected chi connectivity index (χ1v) is 8.92. The van der Waals surface area contributed by atoms with Gasteiger partial charge >= 0.3 is 0 Å². The highest BCUT2D eigenvalue weighted by atomic mass is 35.5. The van der Waals surface area contributed by atoms with E-state index in [1.807, 2.05) is 19.1 Å². The Kier molecular flexibility index (Phi) is 5.78. The van der Waals surface area contributed by atoms with E-state index in [1.54, 1.807) is 16.8 Å². The average molecular weight is 377 g/mol. The summed E-state index contributed by atoms with van der Waals surface area (Å²) >= 11 is 6.34. The van der Waals surface area contributed by atoms with Crippen LogP contribution in [0.1, 0.15) is 31.0 Å². The smallest absolute Gasteiger partial charge is 0.284 e.